The molecule has 0 saturated carbocycles. The number of hydrogen-bond donors (Lipinski definition) is 12. The van der Waals surface area contributed by atoms with E-state index in [1.165, 1.54) is 88.4 Å². The molecule has 0 aliphatic rings. The monoisotopic (exact) mass is 1400 g/mol. The molecule has 0 atom stereocenters. The molecule has 0 aliphatic heterocycles. The molecule has 0 fully saturated rings. The van der Waals surface area contributed by atoms with Gasteiger partial charge in [-0.3, -0.25) is 46.3 Å². The first-order chi connectivity index (χ1) is 41.2. The summed E-state index contributed by atoms with van der Waals surface area (Å²) in [5, 5.41) is 7.03. The van der Waals surface area contributed by atoms with Gasteiger partial charge in [0, 0.05) is 44.6 Å². The van der Waals surface area contributed by atoms with Crippen LogP contribution in [0, 0.1) is 27.7 Å². The molecule has 0 saturated heterocycles. The molecule has 4 amide bonds. The molecule has 8 aromatic carbocycles. The van der Waals surface area contributed by atoms with E-state index in [9.17, 15) is 109 Å². The van der Waals surface area contributed by atoms with Crippen LogP contribution < -0.4 is 30.7 Å². The predicted octanol–water partition coefficient (Wildman–Crippen LogP) is 6.46. The fourth-order valence-electron chi connectivity index (χ4n) is 8.92. The maximum atomic E-state index is 14.1. The molecule has 90 heavy (non-hydrogen) atoms. The summed E-state index contributed by atoms with van der Waals surface area (Å²) in [5.41, 5.74) is -1.73. The van der Waals surface area contributed by atoms with Crippen molar-refractivity contribution in [1.29, 1.82) is 0 Å². The summed E-state index contributed by atoms with van der Waals surface area (Å²) in [4.78, 5) is 32.7. The van der Waals surface area contributed by atoms with Gasteiger partial charge in [0.15, 0.2) is 0 Å². The van der Waals surface area contributed by atoms with Crippen molar-refractivity contribution < 1.29 is 109 Å². The standard InChI is InChI=1S/C51H44N6O25S8/c1-25-5-9-31(17-39(25)49(58)52-33-11-7-27(3)43(19-33)83(61,62)56-41-21-35(85(65,66)67)13-29-15-37(87(71,72)73)23-45(47(29)41)89(77,78)79)54-51(60)55-32-10-6-26(2)40(18-32)50(59)53-34-12-8-28(4)44(20-34)84(63,64)57-42-22-36(86(68,69)70)14-30-16-38(88(74,75)76)24-46(48(30)42)90(80,81)82/h5-24,56-57H,1-4H3,(H,52,58)(H,53,59)(H2,54,55,60)(H,65,66,67)(H,68,69,70)(H,71,72,73)(H,74,75,76)(H,77,78,79)(H,80,81,82). The smallest absolute Gasteiger partial charge is 0.322 e. The van der Waals surface area contributed by atoms with Gasteiger partial charge in [-0.15, -0.1) is 0 Å². The Bertz CT molecular complexity index is 5110. The molecule has 8 rings (SSSR count). The van der Waals surface area contributed by atoms with Gasteiger partial charge < -0.3 is 21.3 Å². The van der Waals surface area contributed by atoms with Crippen molar-refractivity contribution in [1.82, 2.24) is 0 Å². The van der Waals surface area contributed by atoms with Crippen LogP contribution in [0.15, 0.2) is 160 Å². The lowest BCUT2D eigenvalue weighted by Crippen LogP contribution is -2.21. The van der Waals surface area contributed by atoms with E-state index < -0.39 is 171 Å². The zero-order valence-electron chi connectivity index (χ0n) is 45.8. The fraction of sp³-hybridized carbons (Fsp3) is 0.0784. The van der Waals surface area contributed by atoms with Crippen molar-refractivity contribution in [2.75, 3.05) is 30.7 Å². The van der Waals surface area contributed by atoms with Gasteiger partial charge in [-0.05, 0) is 158 Å². The summed E-state index contributed by atoms with van der Waals surface area (Å²) in [6.07, 6.45) is 0. The number of nitrogens with one attached hydrogen (secondary N) is 6. The second kappa shape index (κ2) is 23.7. The van der Waals surface area contributed by atoms with E-state index in [1.807, 2.05) is 9.44 Å². The molecule has 0 aliphatic carbocycles. The second-order valence-electron chi connectivity index (χ2n) is 19.5. The van der Waals surface area contributed by atoms with Gasteiger partial charge in [0.25, 0.3) is 92.6 Å². The minimum atomic E-state index is -5.49. The number of rotatable bonds is 18. The van der Waals surface area contributed by atoms with Gasteiger partial charge >= 0.3 is 6.03 Å². The molecule has 476 valence electrons. The van der Waals surface area contributed by atoms with Gasteiger partial charge in [-0.1, -0.05) is 24.3 Å². The normalized spacial score (nSPS) is 12.7. The molecule has 0 aromatic heterocycles. The summed E-state index contributed by atoms with van der Waals surface area (Å²) in [5.74, 6) is -1.74. The second-order valence-corrected chi connectivity index (χ2v) is 31.3. The summed E-state index contributed by atoms with van der Waals surface area (Å²) < 4.78 is 267. The number of carbonyl (C=O) groups is 3. The maximum absolute atomic E-state index is 14.1. The van der Waals surface area contributed by atoms with Crippen LogP contribution >= 0.6 is 0 Å². The average molecular weight is 1400 g/mol. The zero-order valence-corrected chi connectivity index (χ0v) is 52.3. The SMILES string of the molecule is Cc1ccc(NC(=O)Nc2ccc(C)c(C(=O)Nc3ccc(C)c(S(=O)(=O)Nc4cc(S(=O)(=O)O)cc5cc(S(=O)(=O)O)cc(S(=O)(=O)O)c45)c3)c2)cc1C(=O)Nc1ccc(C)c(S(=O)(=O)Nc2cc(S(=O)(=O)O)cc3cc(S(=O)(=O)O)cc(S(=O)(=O)O)c23)c1. The van der Waals surface area contributed by atoms with Crippen LogP contribution in [0.25, 0.3) is 21.5 Å². The van der Waals surface area contributed by atoms with Gasteiger partial charge in [0.1, 0.15) is 9.79 Å². The van der Waals surface area contributed by atoms with Crippen LogP contribution in [0.1, 0.15) is 43.0 Å². The van der Waals surface area contributed by atoms with E-state index >= 15 is 0 Å². The number of amides is 4. The maximum Gasteiger partial charge on any atom is 0.323 e. The van der Waals surface area contributed by atoms with Crippen LogP contribution in [0.4, 0.5) is 38.9 Å². The molecule has 39 heteroatoms. The van der Waals surface area contributed by atoms with Gasteiger partial charge in [-0.2, -0.15) is 50.5 Å². The van der Waals surface area contributed by atoms with Crippen molar-refractivity contribution in [2.45, 2.75) is 66.9 Å². The molecule has 31 nitrogen and oxygen atoms in total. The topological polar surface area (TPSA) is 518 Å². The third kappa shape index (κ3) is 14.9. The highest BCUT2D eigenvalue weighted by Gasteiger charge is 2.31. The fourth-order valence-corrected chi connectivity index (χ4v) is 15.4. The average Bonchev–Trinajstić information content (AvgIpc) is 0.755. The van der Waals surface area contributed by atoms with Gasteiger partial charge in [0.2, 0.25) is 0 Å². The first kappa shape index (κ1) is 67.4. The van der Waals surface area contributed by atoms with E-state index in [-0.39, 0.29) is 57.1 Å². The van der Waals surface area contributed by atoms with Crippen molar-refractivity contribution in [3.63, 3.8) is 0 Å². The number of sulfonamides is 2. The van der Waals surface area contributed by atoms with E-state index in [1.54, 1.807) is 0 Å². The number of anilines is 6. The van der Waals surface area contributed by atoms with Crippen molar-refractivity contribution >= 4 is 154 Å². The van der Waals surface area contributed by atoms with E-state index in [0.717, 1.165) is 12.1 Å². The van der Waals surface area contributed by atoms with Crippen molar-refractivity contribution in [3.05, 3.63) is 155 Å². The highest BCUT2D eigenvalue weighted by atomic mass is 32.2. The molecule has 0 spiro atoms. The zero-order chi connectivity index (χ0) is 67.0. The number of fused-ring (bicyclic) bond motifs is 2. The highest BCUT2D eigenvalue weighted by molar-refractivity contribution is 7.93. The summed E-state index contributed by atoms with van der Waals surface area (Å²) in [7, 11) is -42.0. The van der Waals surface area contributed by atoms with Crippen LogP contribution in [-0.2, 0) is 80.8 Å². The number of carbonyl (C=O) groups excluding carboxylic acids is 3. The number of aryl methyl sites for hydroxylation is 4. The molecule has 8 aromatic rings. The van der Waals surface area contributed by atoms with Crippen molar-refractivity contribution in [3.8, 4) is 0 Å². The van der Waals surface area contributed by atoms with Gasteiger partial charge in [0.05, 0.1) is 40.7 Å². The predicted molar refractivity (Wildman–Crippen MR) is 322 cm³/mol. The molecule has 0 heterocycles. The van der Waals surface area contributed by atoms with Crippen molar-refractivity contribution in [2.24, 2.45) is 0 Å². The molecular formula is C51H44N6O25S8. The highest BCUT2D eigenvalue weighted by Crippen LogP contribution is 2.39. The number of benzene rings is 8. The first-order valence-corrected chi connectivity index (χ1v) is 36.1. The third-order valence-electron chi connectivity index (χ3n) is 13.1. The minimum absolute atomic E-state index is 0.0149. The Balaban J connectivity index is 0.995. The Hall–Kier alpha value is -8.55. The Morgan fingerprint density at radius 2 is 0.589 bits per heavy atom. The van der Waals surface area contributed by atoms with Gasteiger partial charge in [-0.25, -0.2) is 21.6 Å². The van der Waals surface area contributed by atoms with E-state index in [2.05, 4.69) is 21.3 Å². The largest absolute Gasteiger partial charge is 0.323 e. The van der Waals surface area contributed by atoms with E-state index in [0.29, 0.717) is 47.5 Å². The lowest BCUT2D eigenvalue weighted by Gasteiger charge is -2.17. The lowest BCUT2D eigenvalue weighted by atomic mass is 10.1. The molecule has 0 unspecified atom stereocenters. The number of urea groups is 1. The molecule has 12 N–H and O–H groups in total. The lowest BCUT2D eigenvalue weighted by molar-refractivity contribution is 0.101. The first-order valence-electron chi connectivity index (χ1n) is 24.5. The summed E-state index contributed by atoms with van der Waals surface area (Å²) in [6, 6.07) is 17.8. The minimum Gasteiger partial charge on any atom is -0.322 e. The van der Waals surface area contributed by atoms with Crippen LogP contribution in [0.2, 0.25) is 0 Å². The summed E-state index contributed by atoms with van der Waals surface area (Å²) in [6.45, 7) is 5.62. The van der Waals surface area contributed by atoms with Crippen LogP contribution in [0.5, 0.6) is 0 Å². The Morgan fingerprint density at radius 1 is 0.311 bits per heavy atom. The molecular weight excluding hydrogens is 1350 g/mol. The Morgan fingerprint density at radius 3 is 0.878 bits per heavy atom. The molecule has 0 radical (unpaired) electrons. The third-order valence-corrected chi connectivity index (χ3v) is 21.2. The van der Waals surface area contributed by atoms with Crippen LogP contribution in [-0.4, -0.2) is 113 Å². The number of hydrogen-bond acceptors (Lipinski definition) is 19. The summed E-state index contributed by atoms with van der Waals surface area (Å²) >= 11 is 0. The Labute approximate surface area is 512 Å². The molecule has 0 bridgehead atoms. The van der Waals surface area contributed by atoms with Crippen LogP contribution in [0.3, 0.4) is 0 Å². The van der Waals surface area contributed by atoms with E-state index in [4.69, 9.17) is 0 Å². The Kier molecular flexibility index (Phi) is 17.7. The quantitative estimate of drug-likeness (QED) is 0.0410.